The Balaban J connectivity index is 2.49. The summed E-state index contributed by atoms with van der Waals surface area (Å²) in [5.41, 5.74) is 0. The molecule has 0 spiro atoms. The third kappa shape index (κ3) is 2.30. The summed E-state index contributed by atoms with van der Waals surface area (Å²) in [5, 5.41) is 2.72. The van der Waals surface area contributed by atoms with Gasteiger partial charge in [-0.2, -0.15) is 12.6 Å². The molecule has 0 aliphatic carbocycles. The van der Waals surface area contributed by atoms with E-state index in [9.17, 15) is 4.79 Å². The molecule has 1 aromatic rings. The van der Waals surface area contributed by atoms with Crippen molar-refractivity contribution in [2.24, 2.45) is 0 Å². The number of carbonyl (C=O) groups excluding carboxylic acids is 1. The van der Waals surface area contributed by atoms with Crippen LogP contribution in [0.5, 0.6) is 0 Å². The van der Waals surface area contributed by atoms with Crippen molar-refractivity contribution >= 4 is 18.5 Å². The molecule has 3 nitrogen and oxygen atoms in total. The molecule has 0 aromatic carbocycles. The van der Waals surface area contributed by atoms with Crippen molar-refractivity contribution in [3.8, 4) is 0 Å². The van der Waals surface area contributed by atoms with Crippen LogP contribution in [0.3, 0.4) is 0 Å². The third-order valence-electron chi connectivity index (χ3n) is 1.49. The van der Waals surface area contributed by atoms with Crippen LogP contribution in [0, 0.1) is 0 Å². The fourth-order valence-corrected chi connectivity index (χ4v) is 0.987. The summed E-state index contributed by atoms with van der Waals surface area (Å²) in [6.45, 7) is 1.86. The van der Waals surface area contributed by atoms with Gasteiger partial charge < -0.3 is 9.73 Å². The predicted molar refractivity (Wildman–Crippen MR) is 49.1 cm³/mol. The van der Waals surface area contributed by atoms with E-state index >= 15 is 0 Å². The maximum absolute atomic E-state index is 10.9. The Morgan fingerprint density at radius 2 is 2.58 bits per heavy atom. The highest BCUT2D eigenvalue weighted by molar-refractivity contribution is 7.81. The molecular formula is C8H11NO2S. The number of hydrogen-bond donors (Lipinski definition) is 2. The molecular weight excluding hydrogens is 174 g/mol. The topological polar surface area (TPSA) is 42.2 Å². The van der Waals surface area contributed by atoms with Gasteiger partial charge in [-0.15, -0.1) is 0 Å². The standard InChI is InChI=1S/C8H11NO2S/c1-6(9-8(10)5-12)7-3-2-4-11-7/h2-4,6,12H,5H2,1H3,(H,9,10). The molecule has 1 atom stereocenters. The highest BCUT2D eigenvalue weighted by Crippen LogP contribution is 2.11. The van der Waals surface area contributed by atoms with Crippen molar-refractivity contribution in [3.63, 3.8) is 0 Å². The van der Waals surface area contributed by atoms with Gasteiger partial charge in [0.25, 0.3) is 0 Å². The van der Waals surface area contributed by atoms with Crippen LogP contribution in [-0.2, 0) is 4.79 Å². The van der Waals surface area contributed by atoms with E-state index in [1.165, 1.54) is 0 Å². The lowest BCUT2D eigenvalue weighted by molar-refractivity contribution is -0.119. The lowest BCUT2D eigenvalue weighted by Crippen LogP contribution is -2.27. The minimum atomic E-state index is -0.0952. The summed E-state index contributed by atoms with van der Waals surface area (Å²) < 4.78 is 5.10. The second-order valence-corrected chi connectivity index (χ2v) is 2.78. The smallest absolute Gasteiger partial charge is 0.230 e. The van der Waals surface area contributed by atoms with Gasteiger partial charge in [-0.1, -0.05) is 0 Å². The lowest BCUT2D eigenvalue weighted by atomic mass is 10.2. The van der Waals surface area contributed by atoms with Gasteiger partial charge in [0.15, 0.2) is 0 Å². The Morgan fingerprint density at radius 3 is 3.08 bits per heavy atom. The summed E-state index contributed by atoms with van der Waals surface area (Å²) in [4.78, 5) is 10.9. The van der Waals surface area contributed by atoms with Crippen LogP contribution in [0.2, 0.25) is 0 Å². The first kappa shape index (κ1) is 9.19. The Kier molecular flexibility index (Phi) is 3.22. The number of amides is 1. The summed E-state index contributed by atoms with van der Waals surface area (Å²) >= 11 is 3.84. The molecule has 1 heterocycles. The first-order valence-corrected chi connectivity index (χ1v) is 4.31. The number of carbonyl (C=O) groups is 1. The van der Waals surface area contributed by atoms with Gasteiger partial charge in [-0.25, -0.2) is 0 Å². The van der Waals surface area contributed by atoms with Crippen molar-refractivity contribution in [1.29, 1.82) is 0 Å². The fraction of sp³-hybridized carbons (Fsp3) is 0.375. The van der Waals surface area contributed by atoms with E-state index in [1.807, 2.05) is 13.0 Å². The Labute approximate surface area is 76.6 Å². The average Bonchev–Trinajstić information content (AvgIpc) is 2.56. The van der Waals surface area contributed by atoms with Crippen LogP contribution in [-0.4, -0.2) is 11.7 Å². The van der Waals surface area contributed by atoms with Crippen molar-refractivity contribution in [1.82, 2.24) is 5.32 Å². The number of furan rings is 1. The first-order chi connectivity index (χ1) is 5.74. The molecule has 0 aliphatic rings. The lowest BCUT2D eigenvalue weighted by Gasteiger charge is -2.09. The zero-order valence-corrected chi connectivity index (χ0v) is 7.67. The maximum atomic E-state index is 10.9. The predicted octanol–water partition coefficient (Wildman–Crippen LogP) is 1.39. The van der Waals surface area contributed by atoms with Gasteiger partial charge in [-0.05, 0) is 19.1 Å². The summed E-state index contributed by atoms with van der Waals surface area (Å²) in [5.74, 6) is 0.859. The van der Waals surface area contributed by atoms with Gasteiger partial charge in [0.1, 0.15) is 5.76 Å². The van der Waals surface area contributed by atoms with Gasteiger partial charge in [0.2, 0.25) is 5.91 Å². The summed E-state index contributed by atoms with van der Waals surface area (Å²) in [7, 11) is 0. The summed E-state index contributed by atoms with van der Waals surface area (Å²) in [6.07, 6.45) is 1.58. The number of thiol groups is 1. The van der Waals surface area contributed by atoms with E-state index in [2.05, 4.69) is 17.9 Å². The summed E-state index contributed by atoms with van der Waals surface area (Å²) in [6, 6.07) is 3.53. The van der Waals surface area contributed by atoms with Gasteiger partial charge >= 0.3 is 0 Å². The molecule has 1 N–H and O–H groups in total. The molecule has 66 valence electrons. The first-order valence-electron chi connectivity index (χ1n) is 3.67. The monoisotopic (exact) mass is 185 g/mol. The maximum Gasteiger partial charge on any atom is 0.230 e. The molecule has 0 aliphatic heterocycles. The number of hydrogen-bond acceptors (Lipinski definition) is 3. The largest absolute Gasteiger partial charge is 0.467 e. The molecule has 1 unspecified atom stereocenters. The molecule has 0 bridgehead atoms. The van der Waals surface area contributed by atoms with Crippen molar-refractivity contribution in [2.75, 3.05) is 5.75 Å². The zero-order valence-electron chi connectivity index (χ0n) is 6.78. The van der Waals surface area contributed by atoms with Crippen LogP contribution >= 0.6 is 12.6 Å². The van der Waals surface area contributed by atoms with E-state index in [0.29, 0.717) is 0 Å². The number of nitrogens with one attached hydrogen (secondary N) is 1. The fourth-order valence-electron chi connectivity index (χ4n) is 0.896. The minimum absolute atomic E-state index is 0.0837. The van der Waals surface area contributed by atoms with E-state index in [-0.39, 0.29) is 17.7 Å². The third-order valence-corrected chi connectivity index (χ3v) is 1.78. The highest BCUT2D eigenvalue weighted by Gasteiger charge is 2.09. The average molecular weight is 185 g/mol. The molecule has 1 amide bonds. The quantitative estimate of drug-likeness (QED) is 0.699. The van der Waals surface area contributed by atoms with Crippen LogP contribution in [0.25, 0.3) is 0 Å². The highest BCUT2D eigenvalue weighted by atomic mass is 32.1. The van der Waals surface area contributed by atoms with Crippen molar-refractivity contribution in [3.05, 3.63) is 24.2 Å². The SMILES string of the molecule is CC(NC(=O)CS)c1ccco1. The van der Waals surface area contributed by atoms with Crippen LogP contribution in [0.1, 0.15) is 18.7 Å². The molecule has 0 fully saturated rings. The normalized spacial score (nSPS) is 12.5. The second kappa shape index (κ2) is 4.21. The van der Waals surface area contributed by atoms with Gasteiger partial charge in [-0.3, -0.25) is 4.79 Å². The molecule has 0 radical (unpaired) electrons. The van der Waals surface area contributed by atoms with Crippen LogP contribution in [0.4, 0.5) is 0 Å². The molecule has 12 heavy (non-hydrogen) atoms. The Morgan fingerprint density at radius 1 is 1.83 bits per heavy atom. The number of rotatable bonds is 3. The Hall–Kier alpha value is -0.900. The van der Waals surface area contributed by atoms with Gasteiger partial charge in [0, 0.05) is 0 Å². The molecule has 1 aromatic heterocycles. The van der Waals surface area contributed by atoms with Crippen molar-refractivity contribution < 1.29 is 9.21 Å². The zero-order chi connectivity index (χ0) is 8.97. The van der Waals surface area contributed by atoms with Crippen molar-refractivity contribution in [2.45, 2.75) is 13.0 Å². The van der Waals surface area contributed by atoms with E-state index in [4.69, 9.17) is 4.42 Å². The molecule has 4 heteroatoms. The molecule has 1 rings (SSSR count). The van der Waals surface area contributed by atoms with E-state index < -0.39 is 0 Å². The minimum Gasteiger partial charge on any atom is -0.467 e. The van der Waals surface area contributed by atoms with Crippen LogP contribution < -0.4 is 5.32 Å². The van der Waals surface area contributed by atoms with E-state index in [1.54, 1.807) is 12.3 Å². The van der Waals surface area contributed by atoms with Gasteiger partial charge in [0.05, 0.1) is 18.1 Å². The molecule has 0 saturated carbocycles. The molecule has 0 saturated heterocycles. The second-order valence-electron chi connectivity index (χ2n) is 2.46. The Bertz CT molecular complexity index is 246. The van der Waals surface area contributed by atoms with Crippen LogP contribution in [0.15, 0.2) is 22.8 Å². The van der Waals surface area contributed by atoms with E-state index in [0.717, 1.165) is 5.76 Å².